The van der Waals surface area contributed by atoms with Crippen LogP contribution in [0.15, 0.2) is 0 Å². The SMILES string of the molecule is COC(=O)c1nnn(CC2CCCC2)c1C1CCCN1. The van der Waals surface area contributed by atoms with Crippen LogP contribution in [-0.4, -0.2) is 34.6 Å². The van der Waals surface area contributed by atoms with Crippen molar-refractivity contribution in [2.75, 3.05) is 13.7 Å². The largest absolute Gasteiger partial charge is 0.464 e. The van der Waals surface area contributed by atoms with E-state index in [1.54, 1.807) is 0 Å². The Hall–Kier alpha value is -1.43. The van der Waals surface area contributed by atoms with Crippen LogP contribution in [0.4, 0.5) is 0 Å². The number of nitrogens with one attached hydrogen (secondary N) is 1. The maximum absolute atomic E-state index is 11.9. The van der Waals surface area contributed by atoms with Gasteiger partial charge in [0.25, 0.3) is 0 Å². The van der Waals surface area contributed by atoms with Crippen molar-refractivity contribution in [3.05, 3.63) is 11.4 Å². The van der Waals surface area contributed by atoms with Crippen molar-refractivity contribution in [2.24, 2.45) is 5.92 Å². The highest BCUT2D eigenvalue weighted by molar-refractivity contribution is 5.88. The number of hydrogen-bond donors (Lipinski definition) is 1. The Kier molecular flexibility index (Phi) is 4.00. The first kappa shape index (κ1) is 13.5. The van der Waals surface area contributed by atoms with Gasteiger partial charge < -0.3 is 10.1 Å². The number of esters is 1. The number of aromatic nitrogens is 3. The number of nitrogens with zero attached hydrogens (tertiary/aromatic N) is 3. The van der Waals surface area contributed by atoms with Gasteiger partial charge in [0.1, 0.15) is 0 Å². The average Bonchev–Trinajstić information content (AvgIpc) is 3.19. The van der Waals surface area contributed by atoms with Gasteiger partial charge in [-0.1, -0.05) is 18.1 Å². The molecule has 1 atom stereocenters. The van der Waals surface area contributed by atoms with Crippen molar-refractivity contribution >= 4 is 5.97 Å². The molecule has 1 N–H and O–H groups in total. The Morgan fingerprint density at radius 3 is 2.80 bits per heavy atom. The Bertz CT molecular complexity index is 474. The highest BCUT2D eigenvalue weighted by atomic mass is 16.5. The Balaban J connectivity index is 1.87. The molecule has 20 heavy (non-hydrogen) atoms. The van der Waals surface area contributed by atoms with Gasteiger partial charge in [0.05, 0.1) is 18.8 Å². The topological polar surface area (TPSA) is 69.0 Å². The van der Waals surface area contributed by atoms with E-state index in [1.165, 1.54) is 32.8 Å². The number of carbonyl (C=O) groups excluding carboxylic acids is 1. The summed E-state index contributed by atoms with van der Waals surface area (Å²) in [6, 6.07) is 0.181. The van der Waals surface area contributed by atoms with Gasteiger partial charge >= 0.3 is 5.97 Å². The summed E-state index contributed by atoms with van der Waals surface area (Å²) >= 11 is 0. The van der Waals surface area contributed by atoms with Gasteiger partial charge in [-0.05, 0) is 38.1 Å². The number of ether oxygens (including phenoxy) is 1. The van der Waals surface area contributed by atoms with E-state index in [0.29, 0.717) is 11.6 Å². The van der Waals surface area contributed by atoms with Gasteiger partial charge in [0, 0.05) is 6.54 Å². The number of rotatable bonds is 4. The van der Waals surface area contributed by atoms with Crippen molar-refractivity contribution in [1.29, 1.82) is 0 Å². The van der Waals surface area contributed by atoms with Gasteiger partial charge in [-0.25, -0.2) is 9.48 Å². The molecule has 1 aromatic heterocycles. The summed E-state index contributed by atoms with van der Waals surface area (Å²) in [7, 11) is 1.39. The van der Waals surface area contributed by atoms with E-state index in [2.05, 4.69) is 15.6 Å². The summed E-state index contributed by atoms with van der Waals surface area (Å²) in [4.78, 5) is 11.9. The fourth-order valence-electron chi connectivity index (χ4n) is 3.40. The van der Waals surface area contributed by atoms with Crippen LogP contribution in [0.1, 0.15) is 60.7 Å². The number of methoxy groups -OCH3 is 1. The highest BCUT2D eigenvalue weighted by Gasteiger charge is 2.30. The standard InChI is InChI=1S/C14H22N4O2/c1-20-14(19)12-13(11-7-4-8-15-11)18(17-16-12)9-10-5-2-3-6-10/h10-11,15H,2-9H2,1H3. The third-order valence-electron chi connectivity index (χ3n) is 4.45. The lowest BCUT2D eigenvalue weighted by atomic mass is 10.1. The summed E-state index contributed by atoms with van der Waals surface area (Å²) in [5, 5.41) is 11.7. The van der Waals surface area contributed by atoms with Crippen molar-refractivity contribution in [3.63, 3.8) is 0 Å². The predicted molar refractivity (Wildman–Crippen MR) is 73.3 cm³/mol. The van der Waals surface area contributed by atoms with Gasteiger partial charge in [0.15, 0.2) is 5.69 Å². The second kappa shape index (κ2) is 5.91. The molecule has 2 fully saturated rings. The first-order chi connectivity index (χ1) is 9.79. The molecule has 1 saturated carbocycles. The molecule has 1 saturated heterocycles. The molecule has 0 spiro atoms. The summed E-state index contributed by atoms with van der Waals surface area (Å²) in [5.74, 6) is 0.286. The number of hydrogen-bond acceptors (Lipinski definition) is 5. The molecule has 1 aromatic rings. The minimum atomic E-state index is -0.383. The van der Waals surface area contributed by atoms with Crippen LogP contribution in [0, 0.1) is 5.92 Å². The summed E-state index contributed by atoms with van der Waals surface area (Å²) in [5.41, 5.74) is 1.30. The predicted octanol–water partition coefficient (Wildman–Crippen LogP) is 1.68. The van der Waals surface area contributed by atoms with E-state index < -0.39 is 0 Å². The molecule has 0 amide bonds. The lowest BCUT2D eigenvalue weighted by Crippen LogP contribution is -2.22. The van der Waals surface area contributed by atoms with E-state index in [-0.39, 0.29) is 12.0 Å². The lowest BCUT2D eigenvalue weighted by molar-refractivity contribution is 0.0591. The third-order valence-corrected chi connectivity index (χ3v) is 4.45. The molecule has 1 unspecified atom stereocenters. The van der Waals surface area contributed by atoms with Crippen molar-refractivity contribution in [2.45, 2.75) is 51.1 Å². The van der Waals surface area contributed by atoms with Crippen molar-refractivity contribution < 1.29 is 9.53 Å². The molecule has 2 aliphatic rings. The van der Waals surface area contributed by atoms with Gasteiger partial charge in [-0.15, -0.1) is 5.10 Å². The molecule has 1 aliphatic heterocycles. The first-order valence-electron chi connectivity index (χ1n) is 7.54. The maximum atomic E-state index is 11.9. The molecule has 3 rings (SSSR count). The smallest absolute Gasteiger partial charge is 0.360 e. The summed E-state index contributed by atoms with van der Waals surface area (Å²) < 4.78 is 6.77. The molecule has 0 bridgehead atoms. The van der Waals surface area contributed by atoms with Gasteiger partial charge in [-0.3, -0.25) is 0 Å². The Morgan fingerprint density at radius 1 is 1.35 bits per heavy atom. The quantitative estimate of drug-likeness (QED) is 0.849. The highest BCUT2D eigenvalue weighted by Crippen LogP contribution is 2.30. The maximum Gasteiger partial charge on any atom is 0.360 e. The van der Waals surface area contributed by atoms with Crippen LogP contribution in [-0.2, 0) is 11.3 Å². The molecular formula is C14H22N4O2. The van der Waals surface area contributed by atoms with E-state index >= 15 is 0 Å². The Labute approximate surface area is 118 Å². The average molecular weight is 278 g/mol. The van der Waals surface area contributed by atoms with Crippen LogP contribution in [0.5, 0.6) is 0 Å². The lowest BCUT2D eigenvalue weighted by Gasteiger charge is -2.16. The normalized spacial score (nSPS) is 23.4. The zero-order valence-corrected chi connectivity index (χ0v) is 12.0. The third kappa shape index (κ3) is 2.57. The molecule has 0 radical (unpaired) electrons. The molecule has 0 aromatic carbocycles. The molecule has 2 heterocycles. The van der Waals surface area contributed by atoms with Gasteiger partial charge in [-0.2, -0.15) is 0 Å². The summed E-state index contributed by atoms with van der Waals surface area (Å²) in [6.45, 7) is 1.86. The zero-order valence-electron chi connectivity index (χ0n) is 12.0. The number of carbonyl (C=O) groups is 1. The molecule has 1 aliphatic carbocycles. The van der Waals surface area contributed by atoms with Crippen LogP contribution in [0.2, 0.25) is 0 Å². The summed E-state index contributed by atoms with van der Waals surface area (Å²) in [6.07, 6.45) is 7.28. The zero-order chi connectivity index (χ0) is 13.9. The van der Waals surface area contributed by atoms with Crippen LogP contribution < -0.4 is 5.32 Å². The van der Waals surface area contributed by atoms with Crippen molar-refractivity contribution in [3.8, 4) is 0 Å². The monoisotopic (exact) mass is 278 g/mol. The second-order valence-electron chi connectivity index (χ2n) is 5.80. The van der Waals surface area contributed by atoms with E-state index in [9.17, 15) is 4.79 Å². The molecule has 6 nitrogen and oxygen atoms in total. The Morgan fingerprint density at radius 2 is 2.15 bits per heavy atom. The molecule has 110 valence electrons. The fraction of sp³-hybridized carbons (Fsp3) is 0.786. The van der Waals surface area contributed by atoms with E-state index in [0.717, 1.165) is 31.6 Å². The minimum absolute atomic E-state index is 0.181. The van der Waals surface area contributed by atoms with Crippen LogP contribution in [0.25, 0.3) is 0 Å². The minimum Gasteiger partial charge on any atom is -0.464 e. The van der Waals surface area contributed by atoms with Gasteiger partial charge in [0.2, 0.25) is 0 Å². The fourth-order valence-corrected chi connectivity index (χ4v) is 3.40. The van der Waals surface area contributed by atoms with E-state index in [4.69, 9.17) is 4.74 Å². The first-order valence-corrected chi connectivity index (χ1v) is 7.54. The van der Waals surface area contributed by atoms with Crippen molar-refractivity contribution in [1.82, 2.24) is 20.3 Å². The second-order valence-corrected chi connectivity index (χ2v) is 5.80. The van der Waals surface area contributed by atoms with E-state index in [1.807, 2.05) is 4.68 Å². The van der Waals surface area contributed by atoms with Crippen LogP contribution >= 0.6 is 0 Å². The molecule has 6 heteroatoms. The van der Waals surface area contributed by atoms with Crippen LogP contribution in [0.3, 0.4) is 0 Å². The molecular weight excluding hydrogens is 256 g/mol.